The van der Waals surface area contributed by atoms with Crippen molar-refractivity contribution in [1.82, 2.24) is 15.3 Å². The highest BCUT2D eigenvalue weighted by Gasteiger charge is 2.26. The first-order chi connectivity index (χ1) is 9.45. The summed E-state index contributed by atoms with van der Waals surface area (Å²) in [6, 6.07) is 2.23. The van der Waals surface area contributed by atoms with Crippen LogP contribution in [0.5, 0.6) is 0 Å². The van der Waals surface area contributed by atoms with Crippen LogP contribution in [0.3, 0.4) is 0 Å². The fourth-order valence-electron chi connectivity index (χ4n) is 2.63. The van der Waals surface area contributed by atoms with Crippen molar-refractivity contribution in [3.05, 3.63) is 17.6 Å². The molecule has 1 aromatic rings. The van der Waals surface area contributed by atoms with Crippen LogP contribution in [0.25, 0.3) is 0 Å². The van der Waals surface area contributed by atoms with E-state index in [1.807, 2.05) is 33.8 Å². The van der Waals surface area contributed by atoms with Gasteiger partial charge in [-0.3, -0.25) is 4.79 Å². The van der Waals surface area contributed by atoms with Gasteiger partial charge in [0.05, 0.1) is 0 Å². The molecule has 110 valence electrons. The number of amides is 1. The van der Waals surface area contributed by atoms with E-state index in [-0.39, 0.29) is 17.9 Å². The van der Waals surface area contributed by atoms with Crippen molar-refractivity contribution >= 4 is 11.7 Å². The van der Waals surface area contributed by atoms with Gasteiger partial charge in [-0.25, -0.2) is 9.97 Å². The molecule has 1 amide bonds. The van der Waals surface area contributed by atoms with Crippen LogP contribution in [-0.4, -0.2) is 35.0 Å². The minimum absolute atomic E-state index is 0.137. The molecule has 0 unspecified atom stereocenters. The number of anilines is 1. The smallest absolute Gasteiger partial charge is 0.223 e. The number of nitrogens with zero attached hydrogens (tertiary/aromatic N) is 3. The quantitative estimate of drug-likeness (QED) is 0.915. The summed E-state index contributed by atoms with van der Waals surface area (Å²) in [5.74, 6) is 2.12. The topological polar surface area (TPSA) is 58.1 Å². The maximum atomic E-state index is 12.0. The molecule has 1 aromatic heterocycles. The van der Waals surface area contributed by atoms with Crippen LogP contribution in [0.15, 0.2) is 6.07 Å². The summed E-state index contributed by atoms with van der Waals surface area (Å²) in [6.07, 6.45) is 1.78. The molecule has 0 aliphatic carbocycles. The zero-order valence-corrected chi connectivity index (χ0v) is 12.8. The van der Waals surface area contributed by atoms with E-state index in [1.165, 1.54) is 0 Å². The molecule has 5 nitrogen and oxygen atoms in total. The van der Waals surface area contributed by atoms with E-state index >= 15 is 0 Å². The van der Waals surface area contributed by atoms with E-state index in [9.17, 15) is 4.79 Å². The lowest BCUT2D eigenvalue weighted by molar-refractivity contribution is -0.126. The second kappa shape index (κ2) is 6.20. The van der Waals surface area contributed by atoms with Gasteiger partial charge in [0.1, 0.15) is 11.6 Å². The Bertz CT molecular complexity index is 459. The lowest BCUT2D eigenvalue weighted by atomic mass is 9.95. The van der Waals surface area contributed by atoms with Gasteiger partial charge in [0.2, 0.25) is 5.91 Å². The number of hydrogen-bond donors (Lipinski definition) is 1. The van der Waals surface area contributed by atoms with Crippen molar-refractivity contribution < 1.29 is 4.79 Å². The number of nitrogens with one attached hydrogen (secondary N) is 1. The Kier molecular flexibility index (Phi) is 4.57. The number of carbonyl (C=O) groups is 1. The summed E-state index contributed by atoms with van der Waals surface area (Å²) >= 11 is 0. The Hall–Kier alpha value is -1.65. The second-order valence-electron chi connectivity index (χ2n) is 5.84. The van der Waals surface area contributed by atoms with Crippen LogP contribution >= 0.6 is 0 Å². The Morgan fingerprint density at radius 1 is 1.30 bits per heavy atom. The fourth-order valence-corrected chi connectivity index (χ4v) is 2.63. The largest absolute Gasteiger partial charge is 0.356 e. The standard InChI is InChI=1S/C15H24N4O/c1-10(2)16-15(20)13-5-7-19(8-6-13)14-9-11(3)17-12(4)18-14/h9-10,13H,5-8H2,1-4H3,(H,16,20). The Balaban J connectivity index is 1.95. The van der Waals surface area contributed by atoms with Crippen molar-refractivity contribution in [2.24, 2.45) is 5.92 Å². The van der Waals surface area contributed by atoms with Crippen LogP contribution in [-0.2, 0) is 4.79 Å². The average Bonchev–Trinajstić information content (AvgIpc) is 2.37. The third-order valence-corrected chi connectivity index (χ3v) is 3.57. The van der Waals surface area contributed by atoms with Gasteiger partial charge < -0.3 is 10.2 Å². The predicted molar refractivity (Wildman–Crippen MR) is 79.7 cm³/mol. The molecule has 0 saturated carbocycles. The molecule has 2 rings (SSSR count). The zero-order valence-electron chi connectivity index (χ0n) is 12.8. The van der Waals surface area contributed by atoms with Crippen molar-refractivity contribution in [3.63, 3.8) is 0 Å². The number of aromatic nitrogens is 2. The van der Waals surface area contributed by atoms with Crippen LogP contribution < -0.4 is 10.2 Å². The average molecular weight is 276 g/mol. The molecule has 2 heterocycles. The number of hydrogen-bond acceptors (Lipinski definition) is 4. The monoisotopic (exact) mass is 276 g/mol. The van der Waals surface area contributed by atoms with Crippen molar-refractivity contribution in [3.8, 4) is 0 Å². The van der Waals surface area contributed by atoms with Crippen LogP contribution in [0.2, 0.25) is 0 Å². The Morgan fingerprint density at radius 3 is 2.50 bits per heavy atom. The molecule has 0 spiro atoms. The summed E-state index contributed by atoms with van der Waals surface area (Å²) in [7, 11) is 0. The number of rotatable bonds is 3. The molecular weight excluding hydrogens is 252 g/mol. The van der Waals surface area contributed by atoms with Crippen molar-refractivity contribution in [2.45, 2.75) is 46.6 Å². The maximum absolute atomic E-state index is 12.0. The van der Waals surface area contributed by atoms with Crippen LogP contribution in [0.4, 0.5) is 5.82 Å². The zero-order chi connectivity index (χ0) is 14.7. The molecule has 0 atom stereocenters. The van der Waals surface area contributed by atoms with E-state index in [0.717, 1.165) is 43.3 Å². The SMILES string of the molecule is Cc1cc(N2CCC(C(=O)NC(C)C)CC2)nc(C)n1. The first-order valence-corrected chi connectivity index (χ1v) is 7.33. The van der Waals surface area contributed by atoms with Crippen LogP contribution in [0.1, 0.15) is 38.2 Å². The van der Waals surface area contributed by atoms with Crippen LogP contribution in [0, 0.1) is 19.8 Å². The van der Waals surface area contributed by atoms with Gasteiger partial charge in [-0.2, -0.15) is 0 Å². The molecule has 1 fully saturated rings. The summed E-state index contributed by atoms with van der Waals surface area (Å²) < 4.78 is 0. The highest BCUT2D eigenvalue weighted by Crippen LogP contribution is 2.22. The molecule has 1 aliphatic rings. The second-order valence-corrected chi connectivity index (χ2v) is 5.84. The summed E-state index contributed by atoms with van der Waals surface area (Å²) in [4.78, 5) is 23.0. The van der Waals surface area contributed by atoms with Gasteiger partial charge in [0, 0.05) is 36.8 Å². The normalized spacial score (nSPS) is 16.6. The number of carbonyl (C=O) groups excluding carboxylic acids is 1. The lowest BCUT2D eigenvalue weighted by Gasteiger charge is -2.32. The molecule has 0 radical (unpaired) electrons. The minimum Gasteiger partial charge on any atom is -0.356 e. The third kappa shape index (κ3) is 3.68. The van der Waals surface area contributed by atoms with E-state index in [1.54, 1.807) is 0 Å². The van der Waals surface area contributed by atoms with Crippen molar-refractivity contribution in [1.29, 1.82) is 0 Å². The maximum Gasteiger partial charge on any atom is 0.223 e. The molecule has 1 N–H and O–H groups in total. The molecule has 1 saturated heterocycles. The van der Waals surface area contributed by atoms with Gasteiger partial charge in [0.25, 0.3) is 0 Å². The van der Waals surface area contributed by atoms with Gasteiger partial charge in [-0.15, -0.1) is 0 Å². The highest BCUT2D eigenvalue weighted by molar-refractivity contribution is 5.79. The van der Waals surface area contributed by atoms with Gasteiger partial charge in [0.15, 0.2) is 0 Å². The fraction of sp³-hybridized carbons (Fsp3) is 0.667. The molecule has 1 aliphatic heterocycles. The van der Waals surface area contributed by atoms with E-state index in [4.69, 9.17) is 0 Å². The van der Waals surface area contributed by atoms with Gasteiger partial charge in [-0.05, 0) is 40.5 Å². The van der Waals surface area contributed by atoms with Gasteiger partial charge >= 0.3 is 0 Å². The molecule has 5 heteroatoms. The van der Waals surface area contributed by atoms with E-state index in [2.05, 4.69) is 20.2 Å². The third-order valence-electron chi connectivity index (χ3n) is 3.57. The molecule has 0 aromatic carbocycles. The molecular formula is C15H24N4O. The molecule has 0 bridgehead atoms. The van der Waals surface area contributed by atoms with Gasteiger partial charge in [-0.1, -0.05) is 0 Å². The summed E-state index contributed by atoms with van der Waals surface area (Å²) in [5, 5.41) is 3.00. The van der Waals surface area contributed by atoms with E-state index < -0.39 is 0 Å². The lowest BCUT2D eigenvalue weighted by Crippen LogP contribution is -2.42. The number of piperidine rings is 1. The highest BCUT2D eigenvalue weighted by atomic mass is 16.1. The first-order valence-electron chi connectivity index (χ1n) is 7.33. The number of aryl methyl sites for hydroxylation is 2. The minimum atomic E-state index is 0.137. The molecule has 20 heavy (non-hydrogen) atoms. The summed E-state index contributed by atoms with van der Waals surface area (Å²) in [5.41, 5.74) is 0.993. The van der Waals surface area contributed by atoms with Crippen molar-refractivity contribution in [2.75, 3.05) is 18.0 Å². The predicted octanol–water partition coefficient (Wildman–Crippen LogP) is 1.83. The Morgan fingerprint density at radius 2 is 1.95 bits per heavy atom. The first kappa shape index (κ1) is 14.8. The van der Waals surface area contributed by atoms with E-state index in [0.29, 0.717) is 0 Å². The summed E-state index contributed by atoms with van der Waals surface area (Å²) in [6.45, 7) is 9.66. The Labute approximate surface area is 120 Å².